The maximum atomic E-state index is 9.17. The molecular weight excluding hydrogens is 132 g/mol. The largest absolute Gasteiger partial charge is 0.854 e. The van der Waals surface area contributed by atoms with Crippen molar-refractivity contribution in [2.75, 3.05) is 40.4 Å². The summed E-state index contributed by atoms with van der Waals surface area (Å²) in [5.74, 6) is 0. The van der Waals surface area contributed by atoms with Crippen LogP contribution in [0.1, 0.15) is 0 Å². The van der Waals surface area contributed by atoms with E-state index in [-0.39, 0.29) is 13.2 Å². The van der Waals surface area contributed by atoms with E-state index in [1.807, 2.05) is 14.1 Å². The van der Waals surface area contributed by atoms with Crippen LogP contribution in [0.2, 0.25) is 0 Å². The van der Waals surface area contributed by atoms with E-state index in [1.165, 1.54) is 4.90 Å². The number of nitrogens with two attached hydrogens (primary N) is 1. The highest BCUT2D eigenvalue weighted by atomic mass is 16.3. The standard InChI is InChI=1S/C4H11NO.C2H6NO/c1-5(2)3-4-6;3-1-2-4/h6H,3-4H2,1-2H3;1-3H2/q;-1/p+1. The molecule has 0 atom stereocenters. The lowest BCUT2D eigenvalue weighted by molar-refractivity contribution is -0.858. The Hall–Kier alpha value is -0.160. The van der Waals surface area contributed by atoms with Crippen LogP contribution in [-0.2, 0) is 0 Å². The summed E-state index contributed by atoms with van der Waals surface area (Å²) in [4.78, 5) is 1.29. The monoisotopic (exact) mass is 150 g/mol. The summed E-state index contributed by atoms with van der Waals surface area (Å²) in [5.41, 5.74) is 4.72. The Balaban J connectivity index is 0. The fraction of sp³-hybridized carbons (Fsp3) is 1.00. The second kappa shape index (κ2) is 11.6. The van der Waals surface area contributed by atoms with Crippen molar-refractivity contribution >= 4 is 0 Å². The first-order valence-electron chi connectivity index (χ1n) is 3.37. The van der Waals surface area contributed by atoms with Crippen molar-refractivity contribution in [3.63, 3.8) is 0 Å². The molecule has 0 saturated heterocycles. The van der Waals surface area contributed by atoms with Crippen LogP contribution in [0.25, 0.3) is 0 Å². The van der Waals surface area contributed by atoms with Crippen molar-refractivity contribution in [2.24, 2.45) is 5.73 Å². The van der Waals surface area contributed by atoms with Gasteiger partial charge in [0.1, 0.15) is 6.54 Å². The molecule has 64 valence electrons. The van der Waals surface area contributed by atoms with E-state index in [2.05, 4.69) is 0 Å². The van der Waals surface area contributed by atoms with Gasteiger partial charge in [-0.25, -0.2) is 0 Å². The molecule has 0 aromatic carbocycles. The third-order valence-electron chi connectivity index (χ3n) is 0.730. The topological polar surface area (TPSA) is 73.8 Å². The number of hydrogen-bond donors (Lipinski definition) is 3. The van der Waals surface area contributed by atoms with Crippen molar-refractivity contribution < 1.29 is 15.1 Å². The lowest BCUT2D eigenvalue weighted by atomic mass is 10.6. The summed E-state index contributed by atoms with van der Waals surface area (Å²) >= 11 is 0. The van der Waals surface area contributed by atoms with E-state index in [9.17, 15) is 5.11 Å². The van der Waals surface area contributed by atoms with Crippen LogP contribution < -0.4 is 15.7 Å². The first-order chi connectivity index (χ1) is 4.68. The smallest absolute Gasteiger partial charge is 0.100 e. The zero-order valence-electron chi connectivity index (χ0n) is 6.76. The zero-order chi connectivity index (χ0) is 8.41. The minimum atomic E-state index is -0.153. The molecular formula is C6H18N2O2. The number of aliphatic hydroxyl groups excluding tert-OH is 1. The fourth-order valence-electron chi connectivity index (χ4n) is 0.224. The number of hydrogen-bond acceptors (Lipinski definition) is 3. The van der Waals surface area contributed by atoms with E-state index >= 15 is 0 Å². The van der Waals surface area contributed by atoms with Crippen molar-refractivity contribution in [3.05, 3.63) is 0 Å². The normalized spacial score (nSPS) is 9.00. The minimum absolute atomic E-state index is 0.153. The molecule has 0 aliphatic carbocycles. The van der Waals surface area contributed by atoms with Gasteiger partial charge < -0.3 is 20.8 Å². The van der Waals surface area contributed by atoms with Gasteiger partial charge in [-0.15, -0.1) is 6.61 Å². The molecule has 0 fully saturated rings. The van der Waals surface area contributed by atoms with Crippen LogP contribution in [0.3, 0.4) is 0 Å². The van der Waals surface area contributed by atoms with Gasteiger partial charge in [0.15, 0.2) is 0 Å². The quantitative estimate of drug-likeness (QED) is 0.389. The molecule has 10 heavy (non-hydrogen) atoms. The van der Waals surface area contributed by atoms with Crippen LogP contribution in [0.15, 0.2) is 0 Å². The summed E-state index contributed by atoms with van der Waals surface area (Å²) in [7, 11) is 4.02. The molecule has 0 amide bonds. The molecule has 4 N–H and O–H groups in total. The van der Waals surface area contributed by atoms with Crippen molar-refractivity contribution in [1.29, 1.82) is 0 Å². The van der Waals surface area contributed by atoms with Crippen LogP contribution in [-0.4, -0.2) is 45.5 Å². The fourth-order valence-corrected chi connectivity index (χ4v) is 0.224. The van der Waals surface area contributed by atoms with Gasteiger partial charge in [0.2, 0.25) is 0 Å². The van der Waals surface area contributed by atoms with Crippen LogP contribution in [0, 0.1) is 0 Å². The first kappa shape index (κ1) is 12.5. The Morgan fingerprint density at radius 3 is 1.90 bits per heavy atom. The highest BCUT2D eigenvalue weighted by Crippen LogP contribution is 1.35. The van der Waals surface area contributed by atoms with E-state index in [1.54, 1.807) is 0 Å². The first-order valence-corrected chi connectivity index (χ1v) is 3.37. The van der Waals surface area contributed by atoms with Gasteiger partial charge in [0, 0.05) is 0 Å². The third-order valence-corrected chi connectivity index (χ3v) is 0.730. The average Bonchev–Trinajstić information content (AvgIpc) is 1.89. The Morgan fingerprint density at radius 1 is 1.50 bits per heavy atom. The van der Waals surface area contributed by atoms with Gasteiger partial charge >= 0.3 is 0 Å². The Bertz CT molecular complexity index is 49.0. The summed E-state index contributed by atoms with van der Waals surface area (Å²) < 4.78 is 0. The van der Waals surface area contributed by atoms with Gasteiger partial charge in [-0.05, 0) is 6.54 Å². The predicted molar refractivity (Wildman–Crippen MR) is 38.7 cm³/mol. The molecule has 0 aliphatic heterocycles. The SMILES string of the molecule is C[NH+](C)CCO.NCC[O-]. The minimum Gasteiger partial charge on any atom is -0.854 e. The van der Waals surface area contributed by atoms with E-state index in [4.69, 9.17) is 10.8 Å². The molecule has 0 unspecified atom stereocenters. The number of likely N-dealkylation sites (N-methyl/N-ethyl adjacent to an activating group) is 1. The second-order valence-electron chi connectivity index (χ2n) is 2.17. The molecule has 4 nitrogen and oxygen atoms in total. The van der Waals surface area contributed by atoms with Crippen molar-refractivity contribution in [2.45, 2.75) is 0 Å². The molecule has 0 rings (SSSR count). The number of nitrogens with one attached hydrogen (secondary N) is 1. The van der Waals surface area contributed by atoms with Crippen LogP contribution in [0.5, 0.6) is 0 Å². The lowest BCUT2D eigenvalue weighted by Gasteiger charge is -2.00. The highest BCUT2D eigenvalue weighted by Gasteiger charge is 1.84. The average molecular weight is 150 g/mol. The Morgan fingerprint density at radius 2 is 1.90 bits per heavy atom. The molecule has 0 aliphatic rings. The molecule has 0 saturated carbocycles. The summed E-state index contributed by atoms with van der Waals surface area (Å²) in [6, 6.07) is 0. The number of rotatable bonds is 3. The van der Waals surface area contributed by atoms with Gasteiger partial charge in [-0.3, -0.25) is 0 Å². The molecule has 0 spiro atoms. The van der Waals surface area contributed by atoms with Gasteiger partial charge in [0.25, 0.3) is 0 Å². The van der Waals surface area contributed by atoms with Crippen molar-refractivity contribution in [1.82, 2.24) is 0 Å². The van der Waals surface area contributed by atoms with Gasteiger partial charge in [-0.2, -0.15) is 0 Å². The summed E-state index contributed by atoms with van der Waals surface area (Å²) in [6.45, 7) is 1.25. The number of quaternary nitrogens is 1. The predicted octanol–water partition coefficient (Wildman–Crippen LogP) is -3.57. The van der Waals surface area contributed by atoms with E-state index in [0.717, 1.165) is 6.54 Å². The number of aliphatic hydroxyl groups is 1. The van der Waals surface area contributed by atoms with Crippen LogP contribution >= 0.6 is 0 Å². The van der Waals surface area contributed by atoms with E-state index < -0.39 is 0 Å². The maximum Gasteiger partial charge on any atom is 0.100 e. The maximum absolute atomic E-state index is 9.17. The molecule has 4 heteroatoms. The summed E-state index contributed by atoms with van der Waals surface area (Å²) in [5, 5.41) is 17.4. The molecule has 0 radical (unpaired) electrons. The second-order valence-corrected chi connectivity index (χ2v) is 2.17. The van der Waals surface area contributed by atoms with Gasteiger partial charge in [-0.1, -0.05) is 0 Å². The lowest BCUT2D eigenvalue weighted by Crippen LogP contribution is -3.06. The van der Waals surface area contributed by atoms with Crippen LogP contribution in [0.4, 0.5) is 0 Å². The van der Waals surface area contributed by atoms with Gasteiger partial charge in [0.05, 0.1) is 20.7 Å². The molecule has 0 aromatic rings. The molecule has 0 bridgehead atoms. The molecule has 0 aromatic heterocycles. The van der Waals surface area contributed by atoms with Crippen molar-refractivity contribution in [3.8, 4) is 0 Å². The Kier molecular flexibility index (Phi) is 14.5. The third kappa shape index (κ3) is 24.9. The Labute approximate surface area is 62.3 Å². The summed E-state index contributed by atoms with van der Waals surface area (Å²) in [6.07, 6.45) is 0. The zero-order valence-corrected chi connectivity index (χ0v) is 6.76. The molecule has 0 heterocycles. The van der Waals surface area contributed by atoms with E-state index in [0.29, 0.717) is 6.61 Å². The highest BCUT2D eigenvalue weighted by molar-refractivity contribution is 4.15.